The van der Waals surface area contributed by atoms with Gasteiger partial charge >= 0.3 is 5.97 Å². The van der Waals surface area contributed by atoms with Crippen LogP contribution in [0.4, 0.5) is 5.69 Å². The van der Waals surface area contributed by atoms with Crippen LogP contribution in [0.25, 0.3) is 6.08 Å². The molecule has 0 saturated carbocycles. The minimum Gasteiger partial charge on any atom is -0.496 e. The molecule has 2 rings (SSSR count). The first-order chi connectivity index (χ1) is 14.5. The van der Waals surface area contributed by atoms with Crippen molar-refractivity contribution in [2.45, 2.75) is 13.8 Å². The second-order valence-electron chi connectivity index (χ2n) is 5.90. The van der Waals surface area contributed by atoms with Gasteiger partial charge in [-0.1, -0.05) is 15.9 Å². The van der Waals surface area contributed by atoms with Crippen LogP contribution < -0.4 is 19.5 Å². The number of rotatable bonds is 10. The van der Waals surface area contributed by atoms with Gasteiger partial charge in [0.15, 0.2) is 6.61 Å². The quantitative estimate of drug-likeness (QED) is 0.402. The highest BCUT2D eigenvalue weighted by molar-refractivity contribution is 9.10. The van der Waals surface area contributed by atoms with Crippen molar-refractivity contribution in [3.05, 3.63) is 52.5 Å². The third kappa shape index (κ3) is 7.11. The molecule has 0 radical (unpaired) electrons. The van der Waals surface area contributed by atoms with E-state index in [0.717, 1.165) is 4.47 Å². The molecular weight excluding hydrogens is 454 g/mol. The predicted molar refractivity (Wildman–Crippen MR) is 118 cm³/mol. The number of methoxy groups -OCH3 is 1. The topological polar surface area (TPSA) is 83.1 Å². The summed E-state index contributed by atoms with van der Waals surface area (Å²) in [5.74, 6) is 0.561. The van der Waals surface area contributed by atoms with Gasteiger partial charge in [-0.2, -0.15) is 0 Å². The van der Waals surface area contributed by atoms with E-state index in [0.29, 0.717) is 41.7 Å². The monoisotopic (exact) mass is 477 g/mol. The van der Waals surface area contributed by atoms with Crippen molar-refractivity contribution >= 4 is 39.6 Å². The maximum absolute atomic E-state index is 12.2. The van der Waals surface area contributed by atoms with Crippen molar-refractivity contribution in [2.75, 3.05) is 32.2 Å². The van der Waals surface area contributed by atoms with Crippen LogP contribution in [-0.4, -0.2) is 38.8 Å². The van der Waals surface area contributed by atoms with Crippen LogP contribution in [0, 0.1) is 0 Å². The first-order valence-electron chi connectivity index (χ1n) is 9.34. The Balaban J connectivity index is 1.96. The molecule has 30 heavy (non-hydrogen) atoms. The molecule has 0 aliphatic rings. The van der Waals surface area contributed by atoms with Gasteiger partial charge < -0.3 is 24.3 Å². The molecule has 7 nitrogen and oxygen atoms in total. The molecule has 2 aromatic rings. The number of halogens is 1. The largest absolute Gasteiger partial charge is 0.496 e. The van der Waals surface area contributed by atoms with E-state index >= 15 is 0 Å². The summed E-state index contributed by atoms with van der Waals surface area (Å²) in [6.07, 6.45) is 2.79. The molecule has 0 aliphatic carbocycles. The van der Waals surface area contributed by atoms with Crippen LogP contribution >= 0.6 is 15.9 Å². The number of carbonyl (C=O) groups excluding carboxylic acids is 2. The molecule has 0 aromatic heterocycles. The Morgan fingerprint density at radius 1 is 1.03 bits per heavy atom. The number of ether oxygens (including phenoxy) is 4. The maximum Gasteiger partial charge on any atom is 0.331 e. The highest BCUT2D eigenvalue weighted by Crippen LogP contribution is 2.29. The number of nitrogens with one attached hydrogen (secondary N) is 1. The van der Waals surface area contributed by atoms with Crippen LogP contribution in [0.15, 0.2) is 46.9 Å². The Morgan fingerprint density at radius 3 is 2.47 bits per heavy atom. The standard InChI is InChI=1S/C22H24BrNO6/c1-4-28-17-8-10-20(29-5-2)18(13-17)24-21(25)14-30-22(26)11-6-15-12-16(23)7-9-19(15)27-3/h6-13H,4-5,14H2,1-3H3,(H,24,25)/b11-6+. The fraction of sp³-hybridized carbons (Fsp3) is 0.273. The van der Waals surface area contributed by atoms with Crippen LogP contribution in [0.5, 0.6) is 17.2 Å². The molecule has 160 valence electrons. The third-order valence-corrected chi connectivity index (χ3v) is 4.27. The second kappa shape index (κ2) is 11.9. The summed E-state index contributed by atoms with van der Waals surface area (Å²) in [6.45, 7) is 4.20. The predicted octanol–water partition coefficient (Wildman–Crippen LogP) is 4.45. The number of esters is 1. The Bertz CT molecular complexity index is 912. The summed E-state index contributed by atoms with van der Waals surface area (Å²) in [5.41, 5.74) is 1.14. The number of hydrogen-bond acceptors (Lipinski definition) is 6. The number of anilines is 1. The van der Waals surface area contributed by atoms with E-state index in [1.54, 1.807) is 43.5 Å². The van der Waals surface area contributed by atoms with Crippen molar-refractivity contribution in [3.8, 4) is 17.2 Å². The minimum absolute atomic E-state index is 0.440. The minimum atomic E-state index is -0.653. The van der Waals surface area contributed by atoms with Gasteiger partial charge in [-0.05, 0) is 50.3 Å². The summed E-state index contributed by atoms with van der Waals surface area (Å²) in [7, 11) is 1.54. The number of carbonyl (C=O) groups is 2. The van der Waals surface area contributed by atoms with Gasteiger partial charge in [0.05, 0.1) is 26.0 Å². The SMILES string of the molecule is CCOc1ccc(OCC)c(NC(=O)COC(=O)/C=C/c2cc(Br)ccc2OC)c1. The lowest BCUT2D eigenvalue weighted by Gasteiger charge is -2.13. The highest BCUT2D eigenvalue weighted by atomic mass is 79.9. The maximum atomic E-state index is 12.2. The van der Waals surface area contributed by atoms with Gasteiger partial charge in [0.25, 0.3) is 5.91 Å². The van der Waals surface area contributed by atoms with E-state index in [2.05, 4.69) is 21.2 Å². The third-order valence-electron chi connectivity index (χ3n) is 3.77. The van der Waals surface area contributed by atoms with E-state index in [4.69, 9.17) is 18.9 Å². The molecule has 0 saturated heterocycles. The van der Waals surface area contributed by atoms with Gasteiger partial charge in [0, 0.05) is 22.2 Å². The normalized spacial score (nSPS) is 10.5. The molecule has 0 heterocycles. The van der Waals surface area contributed by atoms with E-state index in [-0.39, 0.29) is 0 Å². The molecule has 0 atom stereocenters. The van der Waals surface area contributed by atoms with E-state index in [1.165, 1.54) is 6.08 Å². The fourth-order valence-electron chi connectivity index (χ4n) is 2.51. The molecule has 1 amide bonds. The summed E-state index contributed by atoms with van der Waals surface area (Å²) in [6, 6.07) is 10.5. The molecule has 8 heteroatoms. The Labute approximate surface area is 184 Å². The van der Waals surface area contributed by atoms with Crippen LogP contribution in [0.3, 0.4) is 0 Å². The first kappa shape index (κ1) is 23.3. The Hall–Kier alpha value is -3.00. The molecule has 0 unspecified atom stereocenters. The van der Waals surface area contributed by atoms with Crippen molar-refractivity contribution in [3.63, 3.8) is 0 Å². The molecule has 2 aromatic carbocycles. The average Bonchev–Trinajstić information content (AvgIpc) is 2.73. The van der Waals surface area contributed by atoms with Crippen molar-refractivity contribution < 1.29 is 28.5 Å². The fourth-order valence-corrected chi connectivity index (χ4v) is 2.89. The summed E-state index contributed by atoms with van der Waals surface area (Å²) in [4.78, 5) is 24.2. The van der Waals surface area contributed by atoms with E-state index < -0.39 is 18.5 Å². The number of amides is 1. The van der Waals surface area contributed by atoms with Crippen molar-refractivity contribution in [1.29, 1.82) is 0 Å². The van der Waals surface area contributed by atoms with Gasteiger partial charge in [-0.25, -0.2) is 4.79 Å². The molecule has 0 spiro atoms. The van der Waals surface area contributed by atoms with Crippen LogP contribution in [0.2, 0.25) is 0 Å². The number of hydrogen-bond donors (Lipinski definition) is 1. The van der Waals surface area contributed by atoms with Crippen LogP contribution in [0.1, 0.15) is 19.4 Å². The van der Waals surface area contributed by atoms with Gasteiger partial charge in [-0.15, -0.1) is 0 Å². The zero-order valence-corrected chi connectivity index (χ0v) is 18.7. The van der Waals surface area contributed by atoms with Crippen molar-refractivity contribution in [1.82, 2.24) is 0 Å². The summed E-state index contributed by atoms with van der Waals surface area (Å²) < 4.78 is 22.1. The van der Waals surface area contributed by atoms with Gasteiger partial charge in [-0.3, -0.25) is 4.79 Å². The summed E-state index contributed by atoms with van der Waals surface area (Å²) in [5, 5.41) is 2.68. The van der Waals surface area contributed by atoms with Gasteiger partial charge in [0.2, 0.25) is 0 Å². The zero-order valence-electron chi connectivity index (χ0n) is 17.1. The lowest BCUT2D eigenvalue weighted by molar-refractivity contribution is -0.142. The molecule has 0 aliphatic heterocycles. The Morgan fingerprint density at radius 2 is 1.77 bits per heavy atom. The van der Waals surface area contributed by atoms with Crippen molar-refractivity contribution in [2.24, 2.45) is 0 Å². The lowest BCUT2D eigenvalue weighted by Crippen LogP contribution is -2.20. The lowest BCUT2D eigenvalue weighted by atomic mass is 10.2. The Kier molecular flexibility index (Phi) is 9.21. The van der Waals surface area contributed by atoms with Crippen LogP contribution in [-0.2, 0) is 14.3 Å². The summed E-state index contributed by atoms with van der Waals surface area (Å²) >= 11 is 3.37. The molecule has 0 bridgehead atoms. The molecule has 1 N–H and O–H groups in total. The van der Waals surface area contributed by atoms with E-state index in [1.807, 2.05) is 19.9 Å². The smallest absolute Gasteiger partial charge is 0.331 e. The zero-order chi connectivity index (χ0) is 21.9. The molecular formula is C22H24BrNO6. The second-order valence-corrected chi connectivity index (χ2v) is 6.82. The van der Waals surface area contributed by atoms with E-state index in [9.17, 15) is 9.59 Å². The van der Waals surface area contributed by atoms with Gasteiger partial charge in [0.1, 0.15) is 17.2 Å². The highest BCUT2D eigenvalue weighted by Gasteiger charge is 2.11. The number of benzene rings is 2. The first-order valence-corrected chi connectivity index (χ1v) is 10.1. The average molecular weight is 478 g/mol. The molecule has 0 fully saturated rings.